The van der Waals surface area contributed by atoms with Crippen molar-refractivity contribution in [3.63, 3.8) is 0 Å². The molecular formula is C15H20ClN3. The topological polar surface area (TPSA) is 43.8 Å². The van der Waals surface area contributed by atoms with E-state index in [4.69, 9.17) is 22.3 Å². The molecule has 0 amide bonds. The Morgan fingerprint density at radius 1 is 1.42 bits per heavy atom. The smallest absolute Gasteiger partial charge is 0.111 e. The molecule has 102 valence electrons. The third-order valence-corrected chi connectivity index (χ3v) is 4.33. The number of aromatic nitrogens is 2. The Kier molecular flexibility index (Phi) is 3.27. The number of nitrogens with zero attached hydrogens (tertiary/aromatic N) is 2. The normalized spacial score (nSPS) is 17.6. The molecule has 1 fully saturated rings. The van der Waals surface area contributed by atoms with Crippen LogP contribution in [-0.4, -0.2) is 15.1 Å². The zero-order valence-electron chi connectivity index (χ0n) is 11.3. The van der Waals surface area contributed by atoms with Crippen molar-refractivity contribution in [1.29, 1.82) is 0 Å². The van der Waals surface area contributed by atoms with Crippen LogP contribution < -0.4 is 5.73 Å². The molecular weight excluding hydrogens is 258 g/mol. The first-order chi connectivity index (χ1) is 9.11. The summed E-state index contributed by atoms with van der Waals surface area (Å²) >= 11 is 6.11. The first kappa shape index (κ1) is 12.9. The van der Waals surface area contributed by atoms with Gasteiger partial charge in [-0.15, -0.1) is 0 Å². The van der Waals surface area contributed by atoms with Gasteiger partial charge in [0.15, 0.2) is 0 Å². The molecule has 2 N–H and O–H groups in total. The van der Waals surface area contributed by atoms with E-state index in [0.29, 0.717) is 0 Å². The number of hydrogen-bond acceptors (Lipinski definition) is 2. The van der Waals surface area contributed by atoms with Gasteiger partial charge in [-0.25, -0.2) is 4.98 Å². The molecule has 0 unspecified atom stereocenters. The van der Waals surface area contributed by atoms with Crippen LogP contribution in [0.2, 0.25) is 5.02 Å². The lowest BCUT2D eigenvalue weighted by molar-refractivity contribution is 0.241. The standard InChI is InChI=1S/C15H20ClN3/c1-2-8-19-13-9-11(16)4-5-12(13)18-14(19)10-15(17)6-3-7-15/h4-5,9H,2-3,6-8,10,17H2,1H3. The second kappa shape index (κ2) is 4.80. The maximum atomic E-state index is 6.37. The largest absolute Gasteiger partial charge is 0.328 e. The van der Waals surface area contributed by atoms with Crippen LogP contribution >= 0.6 is 11.6 Å². The monoisotopic (exact) mass is 277 g/mol. The van der Waals surface area contributed by atoms with Gasteiger partial charge >= 0.3 is 0 Å². The highest BCUT2D eigenvalue weighted by Gasteiger charge is 2.34. The minimum Gasteiger partial charge on any atom is -0.328 e. The van der Waals surface area contributed by atoms with Crippen LogP contribution in [0.25, 0.3) is 11.0 Å². The zero-order valence-corrected chi connectivity index (χ0v) is 12.1. The van der Waals surface area contributed by atoms with Crippen LogP contribution in [0.1, 0.15) is 38.4 Å². The van der Waals surface area contributed by atoms with Crippen molar-refractivity contribution < 1.29 is 0 Å². The number of fused-ring (bicyclic) bond motifs is 1. The number of halogens is 1. The Morgan fingerprint density at radius 2 is 2.21 bits per heavy atom. The van der Waals surface area contributed by atoms with E-state index in [1.54, 1.807) is 0 Å². The van der Waals surface area contributed by atoms with Gasteiger partial charge in [-0.3, -0.25) is 0 Å². The van der Waals surface area contributed by atoms with Crippen LogP contribution in [0.3, 0.4) is 0 Å². The maximum absolute atomic E-state index is 6.37. The maximum Gasteiger partial charge on any atom is 0.111 e. The van der Waals surface area contributed by atoms with Crippen LogP contribution in [0.15, 0.2) is 18.2 Å². The lowest BCUT2D eigenvalue weighted by Crippen LogP contribution is -2.48. The number of nitrogens with two attached hydrogens (primary N) is 1. The summed E-state index contributed by atoms with van der Waals surface area (Å²) in [6, 6.07) is 5.91. The second-order valence-corrected chi connectivity index (χ2v) is 6.14. The second-order valence-electron chi connectivity index (χ2n) is 5.71. The third kappa shape index (κ3) is 2.37. The van der Waals surface area contributed by atoms with E-state index >= 15 is 0 Å². The minimum absolute atomic E-state index is 0.0311. The van der Waals surface area contributed by atoms with Gasteiger partial charge in [-0.2, -0.15) is 0 Å². The zero-order chi connectivity index (χ0) is 13.5. The Balaban J connectivity index is 2.04. The van der Waals surface area contributed by atoms with E-state index in [0.717, 1.165) is 54.1 Å². The average molecular weight is 278 g/mol. The van der Waals surface area contributed by atoms with E-state index in [1.807, 2.05) is 18.2 Å². The number of aryl methyl sites for hydroxylation is 1. The number of imidazole rings is 1. The molecule has 1 aliphatic carbocycles. The number of benzene rings is 1. The van der Waals surface area contributed by atoms with Crippen molar-refractivity contribution in [1.82, 2.24) is 9.55 Å². The minimum atomic E-state index is -0.0311. The van der Waals surface area contributed by atoms with E-state index in [-0.39, 0.29) is 5.54 Å². The fraction of sp³-hybridized carbons (Fsp3) is 0.533. The fourth-order valence-corrected chi connectivity index (χ4v) is 3.04. The first-order valence-corrected chi connectivity index (χ1v) is 7.43. The quantitative estimate of drug-likeness (QED) is 0.929. The molecule has 0 radical (unpaired) electrons. The predicted octanol–water partition coefficient (Wildman–Crippen LogP) is 3.52. The molecule has 0 saturated heterocycles. The molecule has 4 heteroatoms. The van der Waals surface area contributed by atoms with Gasteiger partial charge in [0.05, 0.1) is 11.0 Å². The highest BCUT2D eigenvalue weighted by Crippen LogP contribution is 2.33. The Bertz CT molecular complexity index is 599. The summed E-state index contributed by atoms with van der Waals surface area (Å²) in [6.45, 7) is 3.16. The van der Waals surface area contributed by atoms with Gasteiger partial charge in [0.2, 0.25) is 0 Å². The van der Waals surface area contributed by atoms with E-state index in [9.17, 15) is 0 Å². The number of rotatable bonds is 4. The van der Waals surface area contributed by atoms with Crippen LogP contribution in [0, 0.1) is 0 Å². The van der Waals surface area contributed by atoms with Crippen molar-refractivity contribution >= 4 is 22.6 Å². The van der Waals surface area contributed by atoms with Crippen LogP contribution in [-0.2, 0) is 13.0 Å². The van der Waals surface area contributed by atoms with Crippen molar-refractivity contribution in [2.45, 2.75) is 51.1 Å². The van der Waals surface area contributed by atoms with E-state index in [2.05, 4.69) is 11.5 Å². The summed E-state index contributed by atoms with van der Waals surface area (Å²) in [5.74, 6) is 1.11. The van der Waals surface area contributed by atoms with Crippen LogP contribution in [0.5, 0.6) is 0 Å². The molecule has 19 heavy (non-hydrogen) atoms. The van der Waals surface area contributed by atoms with Crippen molar-refractivity contribution in [3.05, 3.63) is 29.0 Å². The summed E-state index contributed by atoms with van der Waals surface area (Å²) in [5.41, 5.74) is 8.50. The summed E-state index contributed by atoms with van der Waals surface area (Å²) in [4.78, 5) is 4.76. The molecule has 3 rings (SSSR count). The molecule has 1 heterocycles. The Hall–Kier alpha value is -1.06. The molecule has 0 bridgehead atoms. The van der Waals surface area contributed by atoms with Gasteiger partial charge in [-0.05, 0) is 43.9 Å². The SMILES string of the molecule is CCCn1c(CC2(N)CCC2)nc2ccc(Cl)cc21. The third-order valence-electron chi connectivity index (χ3n) is 4.10. The van der Waals surface area contributed by atoms with Gasteiger partial charge in [0.25, 0.3) is 0 Å². The summed E-state index contributed by atoms with van der Waals surface area (Å²) < 4.78 is 2.29. The number of hydrogen-bond donors (Lipinski definition) is 1. The van der Waals surface area contributed by atoms with Gasteiger partial charge in [-0.1, -0.05) is 18.5 Å². The first-order valence-electron chi connectivity index (χ1n) is 7.05. The summed E-state index contributed by atoms with van der Waals surface area (Å²) in [6.07, 6.45) is 5.43. The molecule has 1 aromatic carbocycles. The fourth-order valence-electron chi connectivity index (χ4n) is 2.88. The Morgan fingerprint density at radius 3 is 2.84 bits per heavy atom. The average Bonchev–Trinajstić information content (AvgIpc) is 2.66. The van der Waals surface area contributed by atoms with Gasteiger partial charge in [0.1, 0.15) is 5.82 Å². The van der Waals surface area contributed by atoms with Gasteiger partial charge < -0.3 is 10.3 Å². The van der Waals surface area contributed by atoms with E-state index < -0.39 is 0 Å². The van der Waals surface area contributed by atoms with Crippen molar-refractivity contribution in [2.75, 3.05) is 0 Å². The molecule has 1 saturated carbocycles. The van der Waals surface area contributed by atoms with Crippen molar-refractivity contribution in [3.8, 4) is 0 Å². The highest BCUT2D eigenvalue weighted by molar-refractivity contribution is 6.31. The predicted molar refractivity (Wildman–Crippen MR) is 79.5 cm³/mol. The summed E-state index contributed by atoms with van der Waals surface area (Å²) in [5, 5.41) is 0.766. The van der Waals surface area contributed by atoms with Crippen LogP contribution in [0.4, 0.5) is 0 Å². The van der Waals surface area contributed by atoms with Crippen molar-refractivity contribution in [2.24, 2.45) is 5.73 Å². The van der Waals surface area contributed by atoms with Gasteiger partial charge in [0, 0.05) is 23.5 Å². The van der Waals surface area contributed by atoms with E-state index in [1.165, 1.54) is 6.42 Å². The lowest BCUT2D eigenvalue weighted by atomic mass is 9.75. The summed E-state index contributed by atoms with van der Waals surface area (Å²) in [7, 11) is 0. The molecule has 1 aromatic heterocycles. The molecule has 3 nitrogen and oxygen atoms in total. The molecule has 1 aliphatic rings. The Labute approximate surface area is 118 Å². The molecule has 2 aromatic rings. The lowest BCUT2D eigenvalue weighted by Gasteiger charge is -2.37. The molecule has 0 spiro atoms. The molecule has 0 aliphatic heterocycles. The highest BCUT2D eigenvalue weighted by atomic mass is 35.5. The molecule has 0 atom stereocenters.